The van der Waals surface area contributed by atoms with E-state index in [0.717, 1.165) is 22.7 Å². The standard InChI is InChI=1S/C17H17N5O/c1-18-17-21-14(12-7-9-19-10-8-12)11-16(22-17)20-13-5-3-4-6-15(13)23-2/h3-11H,1-2H3,(H2,18,20,21,22). The number of ether oxygens (including phenoxy) is 1. The smallest absolute Gasteiger partial charge is 0.224 e. The Morgan fingerprint density at radius 2 is 1.78 bits per heavy atom. The number of para-hydroxylation sites is 2. The van der Waals surface area contributed by atoms with E-state index >= 15 is 0 Å². The van der Waals surface area contributed by atoms with Crippen LogP contribution in [-0.2, 0) is 0 Å². The van der Waals surface area contributed by atoms with Crippen molar-refractivity contribution in [3.05, 3.63) is 54.9 Å². The first-order valence-electron chi connectivity index (χ1n) is 7.17. The van der Waals surface area contributed by atoms with Crippen LogP contribution >= 0.6 is 0 Å². The van der Waals surface area contributed by atoms with Crippen LogP contribution < -0.4 is 15.4 Å². The van der Waals surface area contributed by atoms with Crippen LogP contribution in [0.2, 0.25) is 0 Å². The molecule has 6 heteroatoms. The number of anilines is 3. The Balaban J connectivity index is 1.99. The van der Waals surface area contributed by atoms with Crippen molar-refractivity contribution in [2.75, 3.05) is 24.8 Å². The molecule has 1 aromatic carbocycles. The maximum absolute atomic E-state index is 5.36. The minimum atomic E-state index is 0.539. The summed E-state index contributed by atoms with van der Waals surface area (Å²) in [7, 11) is 3.43. The Kier molecular flexibility index (Phi) is 4.33. The molecule has 0 radical (unpaired) electrons. The van der Waals surface area contributed by atoms with Gasteiger partial charge in [0.2, 0.25) is 5.95 Å². The largest absolute Gasteiger partial charge is 0.495 e. The summed E-state index contributed by atoms with van der Waals surface area (Å²) < 4.78 is 5.36. The molecule has 2 aromatic heterocycles. The number of hydrogen-bond donors (Lipinski definition) is 2. The lowest BCUT2D eigenvalue weighted by Crippen LogP contribution is -2.03. The zero-order valence-electron chi connectivity index (χ0n) is 12.9. The molecule has 2 heterocycles. The number of methoxy groups -OCH3 is 1. The third-order valence-corrected chi connectivity index (χ3v) is 3.30. The Morgan fingerprint density at radius 3 is 2.52 bits per heavy atom. The molecule has 23 heavy (non-hydrogen) atoms. The van der Waals surface area contributed by atoms with Gasteiger partial charge in [0, 0.05) is 31.1 Å². The number of benzene rings is 1. The van der Waals surface area contributed by atoms with Gasteiger partial charge in [0.25, 0.3) is 0 Å². The van der Waals surface area contributed by atoms with Crippen LogP contribution in [0, 0.1) is 0 Å². The van der Waals surface area contributed by atoms with E-state index in [9.17, 15) is 0 Å². The van der Waals surface area contributed by atoms with Crippen molar-refractivity contribution in [1.82, 2.24) is 15.0 Å². The van der Waals surface area contributed by atoms with Crippen molar-refractivity contribution >= 4 is 17.5 Å². The van der Waals surface area contributed by atoms with Gasteiger partial charge in [0.1, 0.15) is 11.6 Å². The van der Waals surface area contributed by atoms with E-state index in [0.29, 0.717) is 11.8 Å². The number of hydrogen-bond acceptors (Lipinski definition) is 6. The molecule has 0 saturated heterocycles. The molecule has 0 unspecified atom stereocenters. The first-order chi connectivity index (χ1) is 11.3. The second-order valence-electron chi connectivity index (χ2n) is 4.77. The Bertz CT molecular complexity index is 792. The average Bonchev–Trinajstić information content (AvgIpc) is 2.62. The summed E-state index contributed by atoms with van der Waals surface area (Å²) in [5.74, 6) is 1.97. The van der Waals surface area contributed by atoms with Gasteiger partial charge in [-0.05, 0) is 24.3 Å². The van der Waals surface area contributed by atoms with Gasteiger partial charge in [-0.3, -0.25) is 4.98 Å². The monoisotopic (exact) mass is 307 g/mol. The van der Waals surface area contributed by atoms with Crippen LogP contribution in [0.15, 0.2) is 54.9 Å². The molecule has 2 N–H and O–H groups in total. The van der Waals surface area contributed by atoms with Crippen LogP contribution in [0.25, 0.3) is 11.3 Å². The summed E-state index contributed by atoms with van der Waals surface area (Å²) in [6.45, 7) is 0. The molecule has 0 saturated carbocycles. The molecule has 6 nitrogen and oxygen atoms in total. The fourth-order valence-electron chi connectivity index (χ4n) is 2.18. The third-order valence-electron chi connectivity index (χ3n) is 3.30. The van der Waals surface area contributed by atoms with Gasteiger partial charge in [0.05, 0.1) is 18.5 Å². The molecule has 0 fully saturated rings. The second-order valence-corrected chi connectivity index (χ2v) is 4.77. The summed E-state index contributed by atoms with van der Waals surface area (Å²) in [5, 5.41) is 6.26. The van der Waals surface area contributed by atoms with Crippen molar-refractivity contribution in [2.24, 2.45) is 0 Å². The summed E-state index contributed by atoms with van der Waals surface area (Å²) in [5.41, 5.74) is 2.63. The minimum Gasteiger partial charge on any atom is -0.495 e. The highest BCUT2D eigenvalue weighted by molar-refractivity contribution is 5.69. The molecule has 0 amide bonds. The highest BCUT2D eigenvalue weighted by atomic mass is 16.5. The van der Waals surface area contributed by atoms with E-state index in [2.05, 4.69) is 25.6 Å². The van der Waals surface area contributed by atoms with E-state index in [1.165, 1.54) is 0 Å². The number of nitrogens with zero attached hydrogens (tertiary/aromatic N) is 3. The fourth-order valence-corrected chi connectivity index (χ4v) is 2.18. The minimum absolute atomic E-state index is 0.539. The van der Waals surface area contributed by atoms with Crippen LogP contribution in [0.4, 0.5) is 17.5 Å². The normalized spacial score (nSPS) is 10.2. The van der Waals surface area contributed by atoms with E-state index in [-0.39, 0.29) is 0 Å². The molecule has 116 valence electrons. The van der Waals surface area contributed by atoms with E-state index in [1.54, 1.807) is 26.6 Å². The number of pyridine rings is 1. The first-order valence-corrected chi connectivity index (χ1v) is 7.17. The highest BCUT2D eigenvalue weighted by Gasteiger charge is 2.08. The maximum atomic E-state index is 5.36. The third kappa shape index (κ3) is 3.37. The summed E-state index contributed by atoms with van der Waals surface area (Å²) in [4.78, 5) is 13.0. The summed E-state index contributed by atoms with van der Waals surface area (Å²) >= 11 is 0. The SMILES string of the molecule is CNc1nc(Nc2ccccc2OC)cc(-c2ccncc2)n1. The van der Waals surface area contributed by atoms with Gasteiger partial charge >= 0.3 is 0 Å². The van der Waals surface area contributed by atoms with Gasteiger partial charge in [0.15, 0.2) is 0 Å². The topological polar surface area (TPSA) is 72.0 Å². The predicted octanol–water partition coefficient (Wildman–Crippen LogP) is 3.33. The van der Waals surface area contributed by atoms with Gasteiger partial charge in [-0.1, -0.05) is 12.1 Å². The first kappa shape index (κ1) is 14.8. The lowest BCUT2D eigenvalue weighted by atomic mass is 10.2. The molecule has 3 rings (SSSR count). The lowest BCUT2D eigenvalue weighted by molar-refractivity contribution is 0.417. The zero-order valence-corrected chi connectivity index (χ0v) is 12.9. The second kappa shape index (κ2) is 6.74. The van der Waals surface area contributed by atoms with Crippen molar-refractivity contribution in [2.45, 2.75) is 0 Å². The van der Waals surface area contributed by atoms with Gasteiger partial charge in [-0.2, -0.15) is 4.98 Å². The van der Waals surface area contributed by atoms with Crippen molar-refractivity contribution in [1.29, 1.82) is 0 Å². The van der Waals surface area contributed by atoms with Gasteiger partial charge in [-0.15, -0.1) is 0 Å². The lowest BCUT2D eigenvalue weighted by Gasteiger charge is -2.12. The quantitative estimate of drug-likeness (QED) is 0.753. The molecular formula is C17H17N5O. The van der Waals surface area contributed by atoms with Crippen molar-refractivity contribution in [3.63, 3.8) is 0 Å². The molecule has 0 aliphatic heterocycles. The Hall–Kier alpha value is -3.15. The summed E-state index contributed by atoms with van der Waals surface area (Å²) in [6, 6.07) is 13.4. The molecule has 0 bridgehead atoms. The summed E-state index contributed by atoms with van der Waals surface area (Å²) in [6.07, 6.45) is 3.48. The number of nitrogens with one attached hydrogen (secondary N) is 2. The van der Waals surface area contributed by atoms with Crippen molar-refractivity contribution in [3.8, 4) is 17.0 Å². The molecule has 3 aromatic rings. The molecule has 0 aliphatic rings. The maximum Gasteiger partial charge on any atom is 0.224 e. The van der Waals surface area contributed by atoms with Crippen LogP contribution in [0.3, 0.4) is 0 Å². The van der Waals surface area contributed by atoms with E-state index in [1.807, 2.05) is 42.5 Å². The molecule has 0 atom stereocenters. The van der Waals surface area contributed by atoms with Crippen LogP contribution in [-0.4, -0.2) is 29.1 Å². The van der Waals surface area contributed by atoms with Crippen LogP contribution in [0.5, 0.6) is 5.75 Å². The zero-order chi connectivity index (χ0) is 16.1. The van der Waals surface area contributed by atoms with Gasteiger partial charge < -0.3 is 15.4 Å². The van der Waals surface area contributed by atoms with E-state index in [4.69, 9.17) is 4.74 Å². The molecule has 0 aliphatic carbocycles. The Morgan fingerprint density at radius 1 is 1.00 bits per heavy atom. The number of aromatic nitrogens is 3. The van der Waals surface area contributed by atoms with Crippen molar-refractivity contribution < 1.29 is 4.74 Å². The molecular weight excluding hydrogens is 290 g/mol. The van der Waals surface area contributed by atoms with Gasteiger partial charge in [-0.25, -0.2) is 4.98 Å². The van der Waals surface area contributed by atoms with E-state index < -0.39 is 0 Å². The number of rotatable bonds is 5. The van der Waals surface area contributed by atoms with Crippen LogP contribution in [0.1, 0.15) is 0 Å². The fraction of sp³-hybridized carbons (Fsp3) is 0.118. The Labute approximate surface area is 134 Å². The average molecular weight is 307 g/mol. The molecule has 0 spiro atoms. The highest BCUT2D eigenvalue weighted by Crippen LogP contribution is 2.28. The predicted molar refractivity (Wildman–Crippen MR) is 91.1 cm³/mol.